The van der Waals surface area contributed by atoms with Crippen LogP contribution in [-0.4, -0.2) is 17.0 Å². The number of hydrogen-bond donors (Lipinski definition) is 1. The Morgan fingerprint density at radius 1 is 1.31 bits per heavy atom. The molecule has 2 atom stereocenters. The second-order valence-electron chi connectivity index (χ2n) is 3.48. The summed E-state index contributed by atoms with van der Waals surface area (Å²) in [6.45, 7) is 2.30. The summed E-state index contributed by atoms with van der Waals surface area (Å²) in [4.78, 5) is 0. The summed E-state index contributed by atoms with van der Waals surface area (Å²) >= 11 is 2.06. The molecule has 2 heteroatoms. The zero-order valence-electron chi connectivity index (χ0n) is 7.86. The average Bonchev–Trinajstić information content (AvgIpc) is 2.54. The third-order valence-electron chi connectivity index (χ3n) is 2.50. The molecule has 0 bridgehead atoms. The third-order valence-corrected chi connectivity index (χ3v) is 3.83. The largest absolute Gasteiger partial charge is 0.381 e. The number of benzene rings is 1. The summed E-state index contributed by atoms with van der Waals surface area (Å²) in [5.74, 6) is 1.30. The second kappa shape index (κ2) is 4.05. The molecule has 1 aliphatic rings. The lowest BCUT2D eigenvalue weighted by Gasteiger charge is -2.17. The van der Waals surface area contributed by atoms with Gasteiger partial charge < -0.3 is 5.32 Å². The second-order valence-corrected chi connectivity index (χ2v) is 4.97. The van der Waals surface area contributed by atoms with Gasteiger partial charge in [0.15, 0.2) is 0 Å². The topological polar surface area (TPSA) is 12.0 Å². The normalized spacial score (nSPS) is 27.5. The Balaban J connectivity index is 1.98. The molecule has 1 aromatic rings. The van der Waals surface area contributed by atoms with E-state index < -0.39 is 0 Å². The van der Waals surface area contributed by atoms with E-state index in [2.05, 4.69) is 54.3 Å². The quantitative estimate of drug-likeness (QED) is 0.775. The summed E-state index contributed by atoms with van der Waals surface area (Å²) < 4.78 is 0. The maximum absolute atomic E-state index is 3.57. The standard InChI is InChI=1S/C11H15NS/c1-9-11(7-8-13-9)12-10-5-3-2-4-6-10/h2-6,9,11-12H,7-8H2,1H3. The van der Waals surface area contributed by atoms with E-state index in [-0.39, 0.29) is 0 Å². The van der Waals surface area contributed by atoms with Crippen LogP contribution in [0.2, 0.25) is 0 Å². The molecule has 2 rings (SSSR count). The Bertz CT molecular complexity index is 260. The van der Waals surface area contributed by atoms with E-state index in [0.717, 1.165) is 5.25 Å². The van der Waals surface area contributed by atoms with Crippen LogP contribution in [0, 0.1) is 0 Å². The molecule has 70 valence electrons. The lowest BCUT2D eigenvalue weighted by molar-refractivity contribution is 0.724. The van der Waals surface area contributed by atoms with Crippen LogP contribution in [0.25, 0.3) is 0 Å². The van der Waals surface area contributed by atoms with Crippen LogP contribution >= 0.6 is 11.8 Å². The molecule has 1 nitrogen and oxygen atoms in total. The highest BCUT2D eigenvalue weighted by atomic mass is 32.2. The first-order valence-corrected chi connectivity index (χ1v) is 5.84. The Kier molecular flexibility index (Phi) is 2.79. The Morgan fingerprint density at radius 2 is 2.08 bits per heavy atom. The summed E-state index contributed by atoms with van der Waals surface area (Å²) in [5, 5.41) is 4.32. The van der Waals surface area contributed by atoms with Crippen molar-refractivity contribution in [3.63, 3.8) is 0 Å². The summed E-state index contributed by atoms with van der Waals surface area (Å²) in [7, 11) is 0. The maximum atomic E-state index is 3.57. The first-order chi connectivity index (χ1) is 6.36. The Morgan fingerprint density at radius 3 is 2.69 bits per heavy atom. The average molecular weight is 193 g/mol. The first kappa shape index (κ1) is 8.95. The lowest BCUT2D eigenvalue weighted by Crippen LogP contribution is -2.24. The zero-order chi connectivity index (χ0) is 9.10. The van der Waals surface area contributed by atoms with Crippen LogP contribution in [0.1, 0.15) is 13.3 Å². The summed E-state index contributed by atoms with van der Waals surface area (Å²) in [6.07, 6.45) is 1.29. The van der Waals surface area contributed by atoms with Gasteiger partial charge in [0.25, 0.3) is 0 Å². The van der Waals surface area contributed by atoms with E-state index in [0.29, 0.717) is 6.04 Å². The Labute approximate surface area is 83.9 Å². The molecule has 1 aliphatic heterocycles. The predicted octanol–water partition coefficient (Wildman–Crippen LogP) is 2.99. The van der Waals surface area contributed by atoms with Gasteiger partial charge in [0.1, 0.15) is 0 Å². The Hall–Kier alpha value is -0.630. The number of para-hydroxylation sites is 1. The van der Waals surface area contributed by atoms with Crippen molar-refractivity contribution in [1.29, 1.82) is 0 Å². The van der Waals surface area contributed by atoms with Gasteiger partial charge in [-0.25, -0.2) is 0 Å². The van der Waals surface area contributed by atoms with Crippen LogP contribution in [0.4, 0.5) is 5.69 Å². The molecule has 1 fully saturated rings. The molecule has 13 heavy (non-hydrogen) atoms. The number of nitrogens with one attached hydrogen (secondary N) is 1. The van der Waals surface area contributed by atoms with Crippen molar-refractivity contribution in [1.82, 2.24) is 0 Å². The minimum Gasteiger partial charge on any atom is -0.381 e. The van der Waals surface area contributed by atoms with Gasteiger partial charge in [0, 0.05) is 17.0 Å². The molecule has 1 heterocycles. The zero-order valence-corrected chi connectivity index (χ0v) is 8.68. The van der Waals surface area contributed by atoms with E-state index in [1.165, 1.54) is 17.9 Å². The number of hydrogen-bond acceptors (Lipinski definition) is 2. The molecule has 0 amide bonds. The summed E-state index contributed by atoms with van der Waals surface area (Å²) in [5.41, 5.74) is 1.25. The van der Waals surface area contributed by atoms with Gasteiger partial charge in [-0.2, -0.15) is 11.8 Å². The summed E-state index contributed by atoms with van der Waals surface area (Å²) in [6, 6.07) is 11.1. The van der Waals surface area contributed by atoms with Crippen LogP contribution < -0.4 is 5.32 Å². The third kappa shape index (κ3) is 2.19. The fourth-order valence-electron chi connectivity index (χ4n) is 1.67. The maximum Gasteiger partial charge on any atom is 0.0385 e. The van der Waals surface area contributed by atoms with Crippen LogP contribution in [-0.2, 0) is 0 Å². The molecule has 0 aliphatic carbocycles. The van der Waals surface area contributed by atoms with Gasteiger partial charge >= 0.3 is 0 Å². The predicted molar refractivity (Wildman–Crippen MR) is 60.4 cm³/mol. The highest BCUT2D eigenvalue weighted by Gasteiger charge is 2.23. The lowest BCUT2D eigenvalue weighted by atomic mass is 10.1. The fraction of sp³-hybridized carbons (Fsp3) is 0.455. The van der Waals surface area contributed by atoms with Gasteiger partial charge in [0.05, 0.1) is 0 Å². The van der Waals surface area contributed by atoms with E-state index >= 15 is 0 Å². The minimum atomic E-state index is 0.660. The smallest absolute Gasteiger partial charge is 0.0385 e. The van der Waals surface area contributed by atoms with Gasteiger partial charge in [-0.15, -0.1) is 0 Å². The molecule has 1 N–H and O–H groups in total. The molecule has 0 radical (unpaired) electrons. The molecule has 1 saturated heterocycles. The van der Waals surface area contributed by atoms with Crippen molar-refractivity contribution in [3.8, 4) is 0 Å². The minimum absolute atomic E-state index is 0.660. The van der Waals surface area contributed by atoms with E-state index in [9.17, 15) is 0 Å². The molecule has 0 aromatic heterocycles. The molecule has 0 saturated carbocycles. The molecule has 0 spiro atoms. The highest BCUT2D eigenvalue weighted by molar-refractivity contribution is 8.00. The first-order valence-electron chi connectivity index (χ1n) is 4.79. The van der Waals surface area contributed by atoms with Crippen LogP contribution in [0.15, 0.2) is 30.3 Å². The highest BCUT2D eigenvalue weighted by Crippen LogP contribution is 2.28. The van der Waals surface area contributed by atoms with Gasteiger partial charge in [-0.3, -0.25) is 0 Å². The number of rotatable bonds is 2. The van der Waals surface area contributed by atoms with E-state index in [4.69, 9.17) is 0 Å². The van der Waals surface area contributed by atoms with Gasteiger partial charge in [-0.05, 0) is 24.3 Å². The fourth-order valence-corrected chi connectivity index (χ4v) is 2.87. The van der Waals surface area contributed by atoms with Gasteiger partial charge in [0.2, 0.25) is 0 Å². The molecule has 2 unspecified atom stereocenters. The van der Waals surface area contributed by atoms with Gasteiger partial charge in [-0.1, -0.05) is 25.1 Å². The van der Waals surface area contributed by atoms with Crippen molar-refractivity contribution in [2.75, 3.05) is 11.1 Å². The van der Waals surface area contributed by atoms with Crippen molar-refractivity contribution in [2.24, 2.45) is 0 Å². The van der Waals surface area contributed by atoms with Crippen molar-refractivity contribution >= 4 is 17.4 Å². The number of thioether (sulfide) groups is 1. The van der Waals surface area contributed by atoms with E-state index in [1.807, 2.05) is 0 Å². The van der Waals surface area contributed by atoms with Crippen LogP contribution in [0.3, 0.4) is 0 Å². The molecule has 1 aromatic carbocycles. The molecular weight excluding hydrogens is 178 g/mol. The van der Waals surface area contributed by atoms with Crippen molar-refractivity contribution in [2.45, 2.75) is 24.6 Å². The van der Waals surface area contributed by atoms with E-state index in [1.54, 1.807) is 0 Å². The molecular formula is C11H15NS. The monoisotopic (exact) mass is 193 g/mol. The van der Waals surface area contributed by atoms with Crippen LogP contribution in [0.5, 0.6) is 0 Å². The van der Waals surface area contributed by atoms with Crippen molar-refractivity contribution < 1.29 is 0 Å². The van der Waals surface area contributed by atoms with Crippen molar-refractivity contribution in [3.05, 3.63) is 30.3 Å². The SMILES string of the molecule is CC1SCCC1Nc1ccccc1. The number of anilines is 1.